The predicted molar refractivity (Wildman–Crippen MR) is 85.1 cm³/mol. The van der Waals surface area contributed by atoms with E-state index in [2.05, 4.69) is 0 Å². The minimum absolute atomic E-state index is 0. The topological polar surface area (TPSA) is 0 Å². The summed E-state index contributed by atoms with van der Waals surface area (Å²) in [6, 6.07) is 36.0. The SMILES string of the molecule is [Bi+2].[Cl-].[Cl-].c1ccccc1.c1ccccc1.c1ccccc1. The normalized spacial score (nSPS) is 6.86. The van der Waals surface area contributed by atoms with E-state index in [4.69, 9.17) is 0 Å². The molecule has 0 atom stereocenters. The summed E-state index contributed by atoms with van der Waals surface area (Å²) < 4.78 is 0. The minimum atomic E-state index is 0. The molecule has 3 rings (SSSR count). The van der Waals surface area contributed by atoms with E-state index in [-0.39, 0.29) is 51.0 Å². The molecule has 21 heavy (non-hydrogen) atoms. The van der Waals surface area contributed by atoms with E-state index in [1.54, 1.807) is 0 Å². The predicted octanol–water partition coefficient (Wildman–Crippen LogP) is -1.31. The second-order valence-corrected chi connectivity index (χ2v) is 3.46. The first kappa shape index (κ1) is 25.1. The minimum Gasteiger partial charge on any atom is -1.00 e. The van der Waals surface area contributed by atoms with Gasteiger partial charge in [0.2, 0.25) is 0 Å². The summed E-state index contributed by atoms with van der Waals surface area (Å²) in [6.07, 6.45) is 0. The van der Waals surface area contributed by atoms with E-state index in [0.717, 1.165) is 0 Å². The zero-order chi connectivity index (χ0) is 12.7. The Hall–Kier alpha value is -0.877. The fraction of sp³-hybridized carbons (Fsp3) is 0. The summed E-state index contributed by atoms with van der Waals surface area (Å²) in [5.41, 5.74) is 0. The van der Waals surface area contributed by atoms with Gasteiger partial charge in [0.15, 0.2) is 0 Å². The molecule has 0 unspecified atom stereocenters. The maximum atomic E-state index is 2.00. The Morgan fingerprint density at radius 2 is 0.238 bits per heavy atom. The van der Waals surface area contributed by atoms with Crippen molar-refractivity contribution in [2.24, 2.45) is 0 Å². The molecule has 3 aromatic carbocycles. The van der Waals surface area contributed by atoms with Gasteiger partial charge in [0.1, 0.15) is 0 Å². The van der Waals surface area contributed by atoms with Crippen LogP contribution in [-0.4, -0.2) is 26.2 Å². The molecule has 0 aromatic heterocycles. The van der Waals surface area contributed by atoms with Crippen molar-refractivity contribution in [3.63, 3.8) is 0 Å². The molecule has 109 valence electrons. The van der Waals surface area contributed by atoms with Crippen LogP contribution in [0.1, 0.15) is 0 Å². The van der Waals surface area contributed by atoms with Gasteiger partial charge in [-0.25, -0.2) is 0 Å². The zero-order valence-corrected chi connectivity index (χ0v) is 16.6. The summed E-state index contributed by atoms with van der Waals surface area (Å²) >= 11 is 0. The average molecular weight is 514 g/mol. The van der Waals surface area contributed by atoms with Gasteiger partial charge in [-0.2, -0.15) is 0 Å². The molecule has 0 saturated carbocycles. The van der Waals surface area contributed by atoms with E-state index in [1.165, 1.54) is 0 Å². The summed E-state index contributed by atoms with van der Waals surface area (Å²) in [6.45, 7) is 0. The van der Waals surface area contributed by atoms with Crippen LogP contribution in [0.4, 0.5) is 0 Å². The van der Waals surface area contributed by atoms with Gasteiger partial charge in [0.25, 0.3) is 0 Å². The van der Waals surface area contributed by atoms with Gasteiger partial charge in [-0.05, 0) is 0 Å². The van der Waals surface area contributed by atoms with Crippen molar-refractivity contribution < 1.29 is 24.8 Å². The molecule has 0 heterocycles. The number of hydrogen-bond donors (Lipinski definition) is 0. The summed E-state index contributed by atoms with van der Waals surface area (Å²) in [4.78, 5) is 0. The van der Waals surface area contributed by atoms with Gasteiger partial charge in [0, 0.05) is 0 Å². The molecule has 0 nitrogen and oxygen atoms in total. The molecule has 0 spiro atoms. The van der Waals surface area contributed by atoms with Crippen molar-refractivity contribution in [2.45, 2.75) is 0 Å². The Morgan fingerprint density at radius 3 is 0.286 bits per heavy atom. The van der Waals surface area contributed by atoms with Crippen LogP contribution in [0.2, 0.25) is 0 Å². The Bertz CT molecular complexity index is 306. The Kier molecular flexibility index (Phi) is 25.6. The van der Waals surface area contributed by atoms with Crippen LogP contribution in [0.3, 0.4) is 0 Å². The molecule has 0 N–H and O–H groups in total. The number of benzene rings is 3. The molecule has 0 amide bonds. The molecular weight excluding hydrogens is 496 g/mol. The van der Waals surface area contributed by atoms with Gasteiger partial charge in [-0.3, -0.25) is 0 Å². The first-order chi connectivity index (χ1) is 9.00. The fourth-order valence-electron chi connectivity index (χ4n) is 1.15. The number of rotatable bonds is 0. The van der Waals surface area contributed by atoms with E-state index < -0.39 is 0 Å². The number of hydrogen-bond acceptors (Lipinski definition) is 0. The molecule has 0 fully saturated rings. The van der Waals surface area contributed by atoms with Gasteiger partial charge in [0.05, 0.1) is 0 Å². The van der Waals surface area contributed by atoms with E-state index >= 15 is 0 Å². The van der Waals surface area contributed by atoms with Crippen LogP contribution in [0, 0.1) is 0 Å². The van der Waals surface area contributed by atoms with E-state index in [1.807, 2.05) is 109 Å². The summed E-state index contributed by atoms with van der Waals surface area (Å²) in [5, 5.41) is 0. The largest absolute Gasteiger partial charge is 2.00 e. The Balaban J connectivity index is -0.000000216. The van der Waals surface area contributed by atoms with Gasteiger partial charge < -0.3 is 24.8 Å². The molecule has 3 aromatic rings. The smallest absolute Gasteiger partial charge is 1.00 e. The van der Waals surface area contributed by atoms with Crippen LogP contribution < -0.4 is 24.8 Å². The van der Waals surface area contributed by atoms with Crippen LogP contribution in [0.25, 0.3) is 0 Å². The van der Waals surface area contributed by atoms with E-state index in [0.29, 0.717) is 0 Å². The molecule has 3 heteroatoms. The van der Waals surface area contributed by atoms with Gasteiger partial charge in [-0.1, -0.05) is 109 Å². The molecule has 0 aliphatic rings. The van der Waals surface area contributed by atoms with Gasteiger partial charge >= 0.3 is 26.2 Å². The fourth-order valence-corrected chi connectivity index (χ4v) is 1.15. The first-order valence-corrected chi connectivity index (χ1v) is 6.00. The zero-order valence-electron chi connectivity index (χ0n) is 11.6. The van der Waals surface area contributed by atoms with Crippen molar-refractivity contribution in [3.05, 3.63) is 109 Å². The quantitative estimate of drug-likeness (QED) is 0.327. The first-order valence-electron chi connectivity index (χ1n) is 6.00. The number of halogens is 2. The molecule has 0 aliphatic carbocycles. The third kappa shape index (κ3) is 19.1. The summed E-state index contributed by atoms with van der Waals surface area (Å²) in [5.74, 6) is 0. The molecular formula is C18H18BiCl2. The van der Waals surface area contributed by atoms with Crippen molar-refractivity contribution >= 4 is 26.2 Å². The van der Waals surface area contributed by atoms with Crippen LogP contribution in [0.5, 0.6) is 0 Å². The third-order valence-corrected chi connectivity index (χ3v) is 2.00. The molecule has 0 saturated heterocycles. The standard InChI is InChI=1S/3C6H6.Bi.2ClH/c3*1-2-4-6-5-3-1;;;/h3*1-6H;;2*1H/q;;;+2;;/p-2. The maximum Gasteiger partial charge on any atom is 2.00 e. The third-order valence-electron chi connectivity index (χ3n) is 2.00. The monoisotopic (exact) mass is 513 g/mol. The Labute approximate surface area is 159 Å². The van der Waals surface area contributed by atoms with Crippen LogP contribution in [0.15, 0.2) is 109 Å². The molecule has 0 aliphatic heterocycles. The average Bonchev–Trinajstić information content (AvgIpc) is 2.54. The van der Waals surface area contributed by atoms with Gasteiger partial charge in [-0.15, -0.1) is 0 Å². The Morgan fingerprint density at radius 1 is 0.190 bits per heavy atom. The second kappa shape index (κ2) is 21.4. The molecule has 0 bridgehead atoms. The van der Waals surface area contributed by atoms with E-state index in [9.17, 15) is 0 Å². The van der Waals surface area contributed by atoms with Crippen molar-refractivity contribution in [1.82, 2.24) is 0 Å². The maximum absolute atomic E-state index is 2.00. The van der Waals surface area contributed by atoms with Crippen molar-refractivity contribution in [2.75, 3.05) is 0 Å². The van der Waals surface area contributed by atoms with Crippen LogP contribution >= 0.6 is 0 Å². The summed E-state index contributed by atoms with van der Waals surface area (Å²) in [7, 11) is 0. The second-order valence-electron chi connectivity index (χ2n) is 3.46. The molecule has 3 radical (unpaired) electrons. The van der Waals surface area contributed by atoms with Crippen molar-refractivity contribution in [3.8, 4) is 0 Å². The van der Waals surface area contributed by atoms with Crippen molar-refractivity contribution in [1.29, 1.82) is 0 Å². The van der Waals surface area contributed by atoms with Crippen LogP contribution in [-0.2, 0) is 0 Å².